The van der Waals surface area contributed by atoms with Gasteiger partial charge in [-0.25, -0.2) is 4.39 Å². The Morgan fingerprint density at radius 3 is 2.47 bits per heavy atom. The molecule has 1 aromatic rings. The molecule has 0 atom stereocenters. The number of benzene rings is 1. The third-order valence-electron chi connectivity index (χ3n) is 1.88. The molecule has 0 unspecified atom stereocenters. The van der Waals surface area contributed by atoms with Gasteiger partial charge in [0.2, 0.25) is 0 Å². The highest BCUT2D eigenvalue weighted by Crippen LogP contribution is 2.30. The van der Waals surface area contributed by atoms with Gasteiger partial charge in [-0.1, -0.05) is 23.2 Å². The maximum atomic E-state index is 13.3. The normalized spacial score (nSPS) is 9.76. The molecule has 0 spiro atoms. The van der Waals surface area contributed by atoms with Crippen molar-refractivity contribution in [1.82, 2.24) is 0 Å². The van der Waals surface area contributed by atoms with E-state index in [0.29, 0.717) is 0 Å². The number of nitrogens with zero attached hydrogens (tertiary/aromatic N) is 1. The van der Waals surface area contributed by atoms with Crippen molar-refractivity contribution in [3.63, 3.8) is 0 Å². The van der Waals surface area contributed by atoms with Crippen molar-refractivity contribution in [3.8, 4) is 6.07 Å². The molecular formula is C10H4Cl2FNO3. The van der Waals surface area contributed by atoms with Crippen molar-refractivity contribution in [2.75, 3.05) is 0 Å². The van der Waals surface area contributed by atoms with E-state index in [9.17, 15) is 14.0 Å². The quantitative estimate of drug-likeness (QED) is 0.523. The fourth-order valence-electron chi connectivity index (χ4n) is 1.14. The minimum atomic E-state index is -1.38. The van der Waals surface area contributed by atoms with Crippen LogP contribution in [-0.2, 0) is 4.79 Å². The van der Waals surface area contributed by atoms with Gasteiger partial charge >= 0.3 is 5.97 Å². The van der Waals surface area contributed by atoms with E-state index in [4.69, 9.17) is 33.6 Å². The number of Topliss-reactive ketones (excluding diaryl/α,β-unsaturated/α-hetero) is 1. The molecule has 0 saturated heterocycles. The minimum Gasteiger partial charge on any atom is -0.481 e. The fourth-order valence-corrected chi connectivity index (χ4v) is 1.67. The number of rotatable bonds is 3. The van der Waals surface area contributed by atoms with Crippen molar-refractivity contribution >= 4 is 35.0 Å². The molecule has 88 valence electrons. The van der Waals surface area contributed by atoms with Crippen molar-refractivity contribution in [1.29, 1.82) is 5.26 Å². The summed E-state index contributed by atoms with van der Waals surface area (Å²) in [5, 5.41) is 16.3. The smallest absolute Gasteiger partial charge is 0.311 e. The van der Waals surface area contributed by atoms with Crippen molar-refractivity contribution in [3.05, 3.63) is 33.1 Å². The molecule has 0 heterocycles. The molecule has 0 radical (unpaired) electrons. The van der Waals surface area contributed by atoms with Crippen LogP contribution in [0, 0.1) is 17.1 Å². The molecule has 7 heteroatoms. The molecule has 0 aliphatic rings. The lowest BCUT2D eigenvalue weighted by atomic mass is 10.0. The van der Waals surface area contributed by atoms with Crippen LogP contribution < -0.4 is 0 Å². The summed E-state index contributed by atoms with van der Waals surface area (Å²) in [6, 6.07) is 2.27. The van der Waals surface area contributed by atoms with Crippen molar-refractivity contribution < 1.29 is 19.1 Å². The summed E-state index contributed by atoms with van der Waals surface area (Å²) in [6.45, 7) is 0. The van der Waals surface area contributed by atoms with Crippen molar-refractivity contribution in [2.45, 2.75) is 6.42 Å². The van der Waals surface area contributed by atoms with Crippen LogP contribution in [-0.4, -0.2) is 16.9 Å². The second kappa shape index (κ2) is 5.13. The van der Waals surface area contributed by atoms with E-state index in [-0.39, 0.29) is 16.1 Å². The zero-order valence-corrected chi connectivity index (χ0v) is 9.64. The number of hydrogen-bond acceptors (Lipinski definition) is 3. The Kier molecular flexibility index (Phi) is 4.05. The Balaban J connectivity index is 3.37. The summed E-state index contributed by atoms with van der Waals surface area (Å²) in [5.74, 6) is -3.27. The van der Waals surface area contributed by atoms with Gasteiger partial charge < -0.3 is 5.11 Å². The predicted molar refractivity (Wildman–Crippen MR) is 57.7 cm³/mol. The topological polar surface area (TPSA) is 78.2 Å². The first-order valence-corrected chi connectivity index (χ1v) is 4.96. The number of carbonyl (C=O) groups is 2. The summed E-state index contributed by atoms with van der Waals surface area (Å²) in [7, 11) is 0. The second-order valence-electron chi connectivity index (χ2n) is 3.01. The van der Waals surface area contributed by atoms with Crippen LogP contribution in [0.2, 0.25) is 10.0 Å². The molecule has 0 aromatic heterocycles. The van der Waals surface area contributed by atoms with Gasteiger partial charge in [0, 0.05) is 5.56 Å². The first-order valence-electron chi connectivity index (χ1n) is 4.21. The maximum Gasteiger partial charge on any atom is 0.311 e. The number of carboxylic acid groups (broad SMARTS) is 1. The molecule has 4 nitrogen and oxygen atoms in total. The summed E-state index contributed by atoms with van der Waals surface area (Å²) in [5.41, 5.74) is -0.755. The van der Waals surface area contributed by atoms with Crippen molar-refractivity contribution in [2.24, 2.45) is 0 Å². The molecule has 1 N–H and O–H groups in total. The lowest BCUT2D eigenvalue weighted by Crippen LogP contribution is -2.09. The van der Waals surface area contributed by atoms with Crippen LogP contribution in [0.3, 0.4) is 0 Å². The number of ketones is 1. The van der Waals surface area contributed by atoms with Gasteiger partial charge in [-0.15, -0.1) is 0 Å². The van der Waals surface area contributed by atoms with Gasteiger partial charge in [0.25, 0.3) is 0 Å². The van der Waals surface area contributed by atoms with Gasteiger partial charge in [-0.2, -0.15) is 5.26 Å². The molecule has 17 heavy (non-hydrogen) atoms. The highest BCUT2D eigenvalue weighted by molar-refractivity contribution is 6.39. The SMILES string of the molecule is N#Cc1c(Cl)c(F)cc(C(=O)CC(=O)O)c1Cl. The fraction of sp³-hybridized carbons (Fsp3) is 0.100. The van der Waals surface area contributed by atoms with E-state index in [1.165, 1.54) is 0 Å². The molecule has 0 amide bonds. The molecule has 0 fully saturated rings. The molecule has 0 saturated carbocycles. The Labute approximate surface area is 105 Å². The summed E-state index contributed by atoms with van der Waals surface area (Å²) in [6.07, 6.45) is -0.842. The van der Waals surface area contributed by atoms with Crippen LogP contribution in [0.5, 0.6) is 0 Å². The molecule has 1 rings (SSSR count). The third kappa shape index (κ3) is 2.73. The second-order valence-corrected chi connectivity index (χ2v) is 3.77. The lowest BCUT2D eigenvalue weighted by Gasteiger charge is -2.06. The highest BCUT2D eigenvalue weighted by Gasteiger charge is 2.21. The number of hydrogen-bond donors (Lipinski definition) is 1. The van der Waals surface area contributed by atoms with Crippen LogP contribution in [0.25, 0.3) is 0 Å². The van der Waals surface area contributed by atoms with Crippen LogP contribution in [0.4, 0.5) is 4.39 Å². The van der Waals surface area contributed by atoms with Gasteiger partial charge in [0.05, 0.1) is 15.6 Å². The Bertz CT molecular complexity index is 551. The zero-order chi connectivity index (χ0) is 13.2. The van der Waals surface area contributed by atoms with Crippen LogP contribution in [0.15, 0.2) is 6.07 Å². The van der Waals surface area contributed by atoms with E-state index in [1.807, 2.05) is 0 Å². The summed E-state index contributed by atoms with van der Waals surface area (Å²) < 4.78 is 13.3. The highest BCUT2D eigenvalue weighted by atomic mass is 35.5. The number of carboxylic acids is 1. The zero-order valence-electron chi connectivity index (χ0n) is 8.13. The third-order valence-corrected chi connectivity index (χ3v) is 2.64. The molecule has 1 aromatic carbocycles. The average molecular weight is 276 g/mol. The van der Waals surface area contributed by atoms with E-state index in [0.717, 1.165) is 6.07 Å². The largest absolute Gasteiger partial charge is 0.481 e. The molecule has 0 aliphatic heterocycles. The number of halogens is 3. The first kappa shape index (κ1) is 13.4. The van der Waals surface area contributed by atoms with Crippen LogP contribution in [0.1, 0.15) is 22.3 Å². The standard InChI is InChI=1S/C10H4Cl2FNO3/c11-9-4(7(15)2-8(16)17)1-6(13)10(12)5(9)3-14/h1H,2H2,(H,16,17). The first-order chi connectivity index (χ1) is 7.88. The Morgan fingerprint density at radius 2 is 2.00 bits per heavy atom. The molecule has 0 aliphatic carbocycles. The minimum absolute atomic E-state index is 0.342. The monoisotopic (exact) mass is 275 g/mol. The summed E-state index contributed by atoms with van der Waals surface area (Å²) >= 11 is 11.1. The van der Waals surface area contributed by atoms with Crippen LogP contribution >= 0.6 is 23.2 Å². The van der Waals surface area contributed by atoms with E-state index in [1.54, 1.807) is 6.07 Å². The van der Waals surface area contributed by atoms with E-state index >= 15 is 0 Å². The Morgan fingerprint density at radius 1 is 1.41 bits per heavy atom. The number of nitriles is 1. The maximum absolute atomic E-state index is 13.3. The Hall–Kier alpha value is -1.64. The van der Waals surface area contributed by atoms with E-state index in [2.05, 4.69) is 0 Å². The average Bonchev–Trinajstić information content (AvgIpc) is 2.23. The lowest BCUT2D eigenvalue weighted by molar-refractivity contribution is -0.135. The predicted octanol–water partition coefficient (Wildman–Crippen LogP) is 2.66. The summed E-state index contributed by atoms with van der Waals surface area (Å²) in [4.78, 5) is 21.8. The van der Waals surface area contributed by atoms with E-state index < -0.39 is 29.0 Å². The van der Waals surface area contributed by atoms with Gasteiger partial charge in [-0.05, 0) is 6.07 Å². The molecule has 0 bridgehead atoms. The van der Waals surface area contributed by atoms with Gasteiger partial charge in [0.1, 0.15) is 18.3 Å². The van der Waals surface area contributed by atoms with Gasteiger partial charge in [0.15, 0.2) is 5.78 Å². The van der Waals surface area contributed by atoms with Gasteiger partial charge in [-0.3, -0.25) is 9.59 Å². The molecular weight excluding hydrogens is 272 g/mol. The number of aliphatic carboxylic acids is 1. The number of carbonyl (C=O) groups excluding carboxylic acids is 1.